The smallest absolute Gasteiger partial charge is 0.0217 e. The second kappa shape index (κ2) is 17.9. The molecule has 0 aromatic carbocycles. The lowest BCUT2D eigenvalue weighted by Gasteiger charge is -1.75. The molecule has 0 aliphatic heterocycles. The number of nitrogens with one attached hydrogen (secondary N) is 1. The van der Waals surface area contributed by atoms with Crippen molar-refractivity contribution >= 4 is 6.21 Å². The molecule has 0 unspecified atom stereocenters. The van der Waals surface area contributed by atoms with E-state index in [-0.39, 0.29) is 14.9 Å². The molecule has 46 valence electrons. The first kappa shape index (κ1) is 16.1. The van der Waals surface area contributed by atoms with Gasteiger partial charge in [-0.15, -0.1) is 0 Å². The van der Waals surface area contributed by atoms with Crippen molar-refractivity contribution in [2.24, 2.45) is 5.10 Å². The van der Waals surface area contributed by atoms with E-state index in [2.05, 4.69) is 10.5 Å². The Balaban J connectivity index is -0.0000000800. The van der Waals surface area contributed by atoms with Crippen molar-refractivity contribution in [3.8, 4) is 0 Å². The molecule has 0 aromatic rings. The minimum atomic E-state index is 0. The largest absolute Gasteiger partial charge is 0.313 e. The summed E-state index contributed by atoms with van der Waals surface area (Å²) < 4.78 is 0. The molecule has 0 saturated heterocycles. The van der Waals surface area contributed by atoms with Gasteiger partial charge in [-0.2, -0.15) is 5.10 Å². The number of rotatable bonds is 1. The summed E-state index contributed by atoms with van der Waals surface area (Å²) in [4.78, 5) is 0. The zero-order chi connectivity index (χ0) is 4.12. The second-order valence-electron chi connectivity index (χ2n) is 0.611. The average molecular weight is 104 g/mol. The molecule has 0 saturated carbocycles. The van der Waals surface area contributed by atoms with Crippen LogP contribution in [0.2, 0.25) is 0 Å². The molecular weight excluding hydrogens is 88.1 g/mol. The van der Waals surface area contributed by atoms with E-state index in [4.69, 9.17) is 0 Å². The molecule has 0 amide bonds. The van der Waals surface area contributed by atoms with Crippen molar-refractivity contribution < 1.29 is 0 Å². The van der Waals surface area contributed by atoms with Crippen molar-refractivity contribution in [1.82, 2.24) is 5.43 Å². The van der Waals surface area contributed by atoms with Gasteiger partial charge in [-0.25, -0.2) is 0 Å². The average Bonchev–Trinajstić information content (AvgIpc) is 1.41. The van der Waals surface area contributed by atoms with Crippen LogP contribution in [0.4, 0.5) is 0 Å². The van der Waals surface area contributed by atoms with Gasteiger partial charge in [-0.3, -0.25) is 0 Å². The maximum atomic E-state index is 3.60. The molecular formula is C5H16N2. The highest BCUT2D eigenvalue weighted by Gasteiger charge is 1.44. The standard InChI is InChI=1S/C3H8N2.2CH4/c1-3-5-4-2;;/h3-4H,1-2H3;2*1H4/b5-3+;;. The Hall–Kier alpha value is -0.530. The van der Waals surface area contributed by atoms with Crippen molar-refractivity contribution in [2.75, 3.05) is 7.05 Å². The maximum Gasteiger partial charge on any atom is 0.0217 e. The first-order chi connectivity index (χ1) is 2.41. The third-order valence-electron chi connectivity index (χ3n) is 0.258. The fourth-order valence-electron chi connectivity index (χ4n) is 0.129. The molecule has 0 rings (SSSR count). The molecule has 2 nitrogen and oxygen atoms in total. The first-order valence-corrected chi connectivity index (χ1v) is 1.56. The minimum Gasteiger partial charge on any atom is -0.313 e. The maximum absolute atomic E-state index is 3.60. The zero-order valence-corrected chi connectivity index (χ0v) is 3.52. The number of nitrogens with zero attached hydrogens (tertiary/aromatic N) is 1. The Morgan fingerprint density at radius 2 is 1.86 bits per heavy atom. The van der Waals surface area contributed by atoms with Gasteiger partial charge in [-0.1, -0.05) is 14.9 Å². The Morgan fingerprint density at radius 1 is 1.43 bits per heavy atom. The Bertz CT molecular complexity index is 33.1. The van der Waals surface area contributed by atoms with E-state index in [9.17, 15) is 0 Å². The topological polar surface area (TPSA) is 24.4 Å². The highest BCUT2D eigenvalue weighted by molar-refractivity contribution is 5.52. The van der Waals surface area contributed by atoms with Crippen LogP contribution in [0.5, 0.6) is 0 Å². The summed E-state index contributed by atoms with van der Waals surface area (Å²) in [6.45, 7) is 1.86. The van der Waals surface area contributed by atoms with Crippen LogP contribution in [0.3, 0.4) is 0 Å². The Kier molecular flexibility index (Phi) is 41.1. The van der Waals surface area contributed by atoms with Gasteiger partial charge in [0.15, 0.2) is 0 Å². The predicted molar refractivity (Wildman–Crippen MR) is 36.7 cm³/mol. The quantitative estimate of drug-likeness (QED) is 0.395. The monoisotopic (exact) mass is 104 g/mol. The third kappa shape index (κ3) is 30.5. The highest BCUT2D eigenvalue weighted by Crippen LogP contribution is 1.41. The number of hydrogen-bond donors (Lipinski definition) is 1. The van der Waals surface area contributed by atoms with Gasteiger partial charge >= 0.3 is 0 Å². The van der Waals surface area contributed by atoms with E-state index in [0.29, 0.717) is 0 Å². The van der Waals surface area contributed by atoms with Gasteiger partial charge in [0.1, 0.15) is 0 Å². The fraction of sp³-hybridized carbons (Fsp3) is 0.800. The zero-order valence-electron chi connectivity index (χ0n) is 3.52. The summed E-state index contributed by atoms with van der Waals surface area (Å²) in [5.74, 6) is 0. The summed E-state index contributed by atoms with van der Waals surface area (Å²) in [6.07, 6.45) is 1.69. The van der Waals surface area contributed by atoms with Crippen molar-refractivity contribution in [3.63, 3.8) is 0 Å². The molecule has 0 aromatic heterocycles. The van der Waals surface area contributed by atoms with Crippen LogP contribution in [0.1, 0.15) is 21.8 Å². The van der Waals surface area contributed by atoms with E-state index in [1.807, 2.05) is 6.92 Å². The van der Waals surface area contributed by atoms with Gasteiger partial charge in [-0.05, 0) is 6.92 Å². The Morgan fingerprint density at radius 3 is 1.86 bits per heavy atom. The molecule has 0 fully saturated rings. The van der Waals surface area contributed by atoms with Gasteiger partial charge in [0, 0.05) is 13.3 Å². The van der Waals surface area contributed by atoms with Crippen molar-refractivity contribution in [2.45, 2.75) is 21.8 Å². The van der Waals surface area contributed by atoms with E-state index < -0.39 is 0 Å². The van der Waals surface area contributed by atoms with E-state index in [1.165, 1.54) is 0 Å². The predicted octanol–water partition coefficient (Wildman–Crippen LogP) is 1.48. The van der Waals surface area contributed by atoms with Crippen LogP contribution in [0, 0.1) is 0 Å². The fourth-order valence-corrected chi connectivity index (χ4v) is 0.129. The summed E-state index contributed by atoms with van der Waals surface area (Å²) in [6, 6.07) is 0. The summed E-state index contributed by atoms with van der Waals surface area (Å²) in [7, 11) is 1.76. The first-order valence-electron chi connectivity index (χ1n) is 1.56. The second-order valence-corrected chi connectivity index (χ2v) is 0.611. The minimum absolute atomic E-state index is 0. The van der Waals surface area contributed by atoms with Crippen LogP contribution in [0.15, 0.2) is 5.10 Å². The van der Waals surface area contributed by atoms with Gasteiger partial charge in [0.25, 0.3) is 0 Å². The molecule has 1 N–H and O–H groups in total. The molecule has 0 spiro atoms. The summed E-state index contributed by atoms with van der Waals surface area (Å²) in [5.41, 5.74) is 2.59. The SMILES string of the molecule is C.C.C/C=N/NC. The number of hydrazone groups is 1. The molecule has 2 heteroatoms. The van der Waals surface area contributed by atoms with Crippen LogP contribution in [-0.2, 0) is 0 Å². The van der Waals surface area contributed by atoms with Gasteiger partial charge < -0.3 is 5.43 Å². The number of hydrogen-bond acceptors (Lipinski definition) is 2. The molecule has 0 radical (unpaired) electrons. The molecule has 0 heterocycles. The van der Waals surface area contributed by atoms with Gasteiger partial charge in [0.2, 0.25) is 0 Å². The lowest BCUT2D eigenvalue weighted by atomic mass is 10.9. The highest BCUT2D eigenvalue weighted by atomic mass is 15.2. The van der Waals surface area contributed by atoms with E-state index in [1.54, 1.807) is 13.3 Å². The van der Waals surface area contributed by atoms with Crippen LogP contribution >= 0.6 is 0 Å². The molecule has 0 bridgehead atoms. The van der Waals surface area contributed by atoms with Crippen LogP contribution in [-0.4, -0.2) is 13.3 Å². The van der Waals surface area contributed by atoms with Crippen LogP contribution in [0.25, 0.3) is 0 Å². The molecule has 0 aliphatic rings. The van der Waals surface area contributed by atoms with Crippen LogP contribution < -0.4 is 5.43 Å². The van der Waals surface area contributed by atoms with E-state index >= 15 is 0 Å². The normalized spacial score (nSPS) is 6.57. The molecule has 7 heavy (non-hydrogen) atoms. The van der Waals surface area contributed by atoms with E-state index in [0.717, 1.165) is 0 Å². The molecule has 0 aliphatic carbocycles. The van der Waals surface area contributed by atoms with Gasteiger partial charge in [0.05, 0.1) is 0 Å². The van der Waals surface area contributed by atoms with Crippen molar-refractivity contribution in [3.05, 3.63) is 0 Å². The lowest BCUT2D eigenvalue weighted by Crippen LogP contribution is -1.90. The third-order valence-corrected chi connectivity index (χ3v) is 0.258. The summed E-state index contributed by atoms with van der Waals surface area (Å²) >= 11 is 0. The lowest BCUT2D eigenvalue weighted by molar-refractivity contribution is 0.906. The Labute approximate surface area is 46.6 Å². The molecule has 0 atom stereocenters. The van der Waals surface area contributed by atoms with Crippen molar-refractivity contribution in [1.29, 1.82) is 0 Å². The summed E-state index contributed by atoms with van der Waals surface area (Å²) in [5, 5.41) is 3.60.